The van der Waals surface area contributed by atoms with Crippen molar-refractivity contribution in [1.29, 1.82) is 0 Å². The van der Waals surface area contributed by atoms with E-state index < -0.39 is 39.3 Å². The van der Waals surface area contributed by atoms with E-state index in [-0.39, 0.29) is 24.6 Å². The Morgan fingerprint density at radius 2 is 2.25 bits per heavy atom. The molecule has 0 aromatic carbocycles. The van der Waals surface area contributed by atoms with Crippen LogP contribution < -0.4 is 4.65 Å². The van der Waals surface area contributed by atoms with Crippen LogP contribution in [0.3, 0.4) is 0 Å². The Morgan fingerprint density at radius 1 is 1.50 bits per heavy atom. The zero-order valence-corrected chi connectivity index (χ0v) is 13.5. The molecule has 0 saturated carbocycles. The Morgan fingerprint density at radius 3 is 2.83 bits per heavy atom. The van der Waals surface area contributed by atoms with Gasteiger partial charge in [0.1, 0.15) is 6.67 Å². The molecule has 3 rings (SSSR count). The molecule has 0 bridgehead atoms. The number of alkyl halides is 3. The van der Waals surface area contributed by atoms with E-state index >= 15 is 0 Å². The maximum Gasteiger partial charge on any atom is 0.445 e. The van der Waals surface area contributed by atoms with Gasteiger partial charge in [0, 0.05) is 6.61 Å². The minimum absolute atomic E-state index is 0.0862. The number of carbonyl (C=O) groups is 1. The summed E-state index contributed by atoms with van der Waals surface area (Å²) >= 11 is 0.164. The molecule has 3 unspecified atom stereocenters. The van der Waals surface area contributed by atoms with E-state index in [1.165, 1.54) is 0 Å². The summed E-state index contributed by atoms with van der Waals surface area (Å²) in [6.45, 7) is 0.339. The summed E-state index contributed by atoms with van der Waals surface area (Å²) in [5, 5.41) is 17.9. The van der Waals surface area contributed by atoms with Gasteiger partial charge in [-0.15, -0.1) is 5.10 Å². The lowest BCUT2D eigenvalue weighted by molar-refractivity contribution is -0.164. The molecule has 2 saturated heterocycles. The van der Waals surface area contributed by atoms with Gasteiger partial charge in [-0.1, -0.05) is 5.10 Å². The Hall–Kier alpha value is -1.34. The van der Waals surface area contributed by atoms with Gasteiger partial charge >= 0.3 is 17.3 Å². The van der Waals surface area contributed by atoms with Gasteiger partial charge in [-0.25, -0.2) is 9.69 Å². The summed E-state index contributed by atoms with van der Waals surface area (Å²) in [5.41, 5.74) is 0. The van der Waals surface area contributed by atoms with Crippen molar-refractivity contribution in [3.05, 3.63) is 10.2 Å². The number of likely N-dealkylation sites (N-methyl/N-ethyl adjacent to an activating group) is 1. The van der Waals surface area contributed by atoms with Crippen molar-refractivity contribution in [2.45, 2.75) is 31.3 Å². The third-order valence-corrected chi connectivity index (χ3v) is 4.89. The molecule has 2 fully saturated rings. The second kappa shape index (κ2) is 6.19. The van der Waals surface area contributed by atoms with Crippen molar-refractivity contribution in [2.24, 2.45) is 0 Å². The highest BCUT2D eigenvalue weighted by molar-refractivity contribution is 7.15. The first-order chi connectivity index (χ1) is 11.2. The highest BCUT2D eigenvalue weighted by atomic mass is 32.1. The molecule has 0 spiro atoms. The molecule has 1 aromatic rings. The van der Waals surface area contributed by atoms with Gasteiger partial charge in [0.05, 0.1) is 6.54 Å². The summed E-state index contributed by atoms with van der Waals surface area (Å²) in [6, 6.07) is 0. The van der Waals surface area contributed by atoms with Gasteiger partial charge in [-0.2, -0.15) is 13.2 Å². The lowest BCUT2D eigenvalue weighted by atomic mass is 10.2. The van der Waals surface area contributed by atoms with Crippen LogP contribution in [0.1, 0.15) is 17.8 Å². The van der Waals surface area contributed by atoms with Gasteiger partial charge < -0.3 is 14.7 Å². The summed E-state index contributed by atoms with van der Waals surface area (Å²) in [6.07, 6.45) is -5.40. The fraction of sp³-hybridized carbons (Fsp3) is 0.750. The smallest absolute Gasteiger partial charge is 0.445 e. The second-order valence-corrected chi connectivity index (χ2v) is 6.71. The van der Waals surface area contributed by atoms with Crippen LogP contribution in [0.4, 0.5) is 18.3 Å². The zero-order chi connectivity index (χ0) is 17.5. The van der Waals surface area contributed by atoms with Crippen LogP contribution >= 0.6 is 11.3 Å². The molecule has 1 aromatic heterocycles. The minimum atomic E-state index is -4.68. The lowest BCUT2D eigenvalue weighted by Crippen LogP contribution is -2.51. The third-order valence-electron chi connectivity index (χ3n) is 3.81. The monoisotopic (exact) mass is 368 g/mol. The van der Waals surface area contributed by atoms with E-state index in [1.807, 2.05) is 0 Å². The maximum absolute atomic E-state index is 13.1. The average Bonchev–Trinajstić information content (AvgIpc) is 3.19. The fourth-order valence-corrected chi connectivity index (χ4v) is 3.45. The number of carbonyl (C=O) groups excluding carboxylic acids is 1. The number of hydrogen-bond acceptors (Lipinski definition) is 8. The molecule has 134 valence electrons. The standard InChI is InChI=1S/C12H15F3N4O4S/c1-18-5-8(23-9(20)7-3-2-4-22-7)19(21,6-18)11-17-16-10(24-11)12(13,14)15/h7-8H,2-6H2,1H3. The predicted octanol–water partition coefficient (Wildman–Crippen LogP) is 1.31. The number of aromatic nitrogens is 2. The van der Waals surface area contributed by atoms with Crippen molar-refractivity contribution in [3.8, 4) is 0 Å². The van der Waals surface area contributed by atoms with Crippen molar-refractivity contribution in [2.75, 3.05) is 26.9 Å². The Kier molecular flexibility index (Phi) is 4.51. The van der Waals surface area contributed by atoms with Crippen molar-refractivity contribution in [3.63, 3.8) is 0 Å². The largest absolute Gasteiger partial charge is 0.622 e. The quantitative estimate of drug-likeness (QED) is 0.452. The van der Waals surface area contributed by atoms with Gasteiger partial charge in [-0.05, 0) is 31.2 Å². The topological polar surface area (TPSA) is 87.6 Å². The number of hydroxylamine groups is 2. The number of halogens is 3. The molecule has 12 heteroatoms. The van der Waals surface area contributed by atoms with Gasteiger partial charge in [0.15, 0.2) is 6.10 Å². The highest BCUT2D eigenvalue weighted by Gasteiger charge is 2.48. The van der Waals surface area contributed by atoms with Crippen LogP contribution in [0, 0.1) is 5.21 Å². The van der Waals surface area contributed by atoms with E-state index in [1.54, 1.807) is 11.9 Å². The Bertz CT molecular complexity index is 622. The third kappa shape index (κ3) is 3.24. The van der Waals surface area contributed by atoms with Crippen molar-refractivity contribution in [1.82, 2.24) is 19.7 Å². The first kappa shape index (κ1) is 17.5. The molecule has 0 N–H and O–H groups in total. The van der Waals surface area contributed by atoms with Crippen LogP contribution in [0.15, 0.2) is 0 Å². The molecule has 2 aliphatic heterocycles. The molecule has 2 aliphatic rings. The molecule has 8 nitrogen and oxygen atoms in total. The Balaban J connectivity index is 1.80. The van der Waals surface area contributed by atoms with Crippen LogP contribution in [0.5, 0.6) is 0 Å². The zero-order valence-electron chi connectivity index (χ0n) is 12.7. The van der Waals surface area contributed by atoms with Crippen molar-refractivity contribution < 1.29 is 27.4 Å². The molecule has 0 aliphatic carbocycles. The van der Waals surface area contributed by atoms with Crippen molar-refractivity contribution >= 4 is 22.4 Å². The van der Waals surface area contributed by atoms with Crippen LogP contribution in [0.2, 0.25) is 0 Å². The van der Waals surface area contributed by atoms with E-state index in [9.17, 15) is 23.2 Å². The van der Waals surface area contributed by atoms with Gasteiger partial charge in [0.25, 0.3) is 6.23 Å². The number of quaternary nitrogens is 1. The van der Waals surface area contributed by atoms with E-state index in [0.29, 0.717) is 19.4 Å². The minimum Gasteiger partial charge on any atom is -0.622 e. The lowest BCUT2D eigenvalue weighted by Gasteiger charge is -2.38. The average molecular weight is 368 g/mol. The van der Waals surface area contributed by atoms with Gasteiger partial charge in [-0.3, -0.25) is 4.65 Å². The molecule has 3 heterocycles. The SMILES string of the molecule is CN1CC(OC(=O)C2CCCO2)[N+]([O-])(c2nnc(C(F)(F)F)s2)C1. The number of hydrogen-bond donors (Lipinski definition) is 0. The van der Waals surface area contributed by atoms with Gasteiger partial charge in [0.2, 0.25) is 5.01 Å². The summed E-state index contributed by atoms with van der Waals surface area (Å²) in [4.78, 5) is 13.6. The highest BCUT2D eigenvalue weighted by Crippen LogP contribution is 2.39. The van der Waals surface area contributed by atoms with E-state index in [2.05, 4.69) is 10.2 Å². The summed E-state index contributed by atoms with van der Waals surface area (Å²) < 4.78 is 47.2. The van der Waals surface area contributed by atoms with Crippen LogP contribution in [-0.2, 0) is 20.4 Å². The molecular formula is C12H15F3N4O4S. The summed E-state index contributed by atoms with van der Waals surface area (Å²) in [5.74, 6) is -0.674. The Labute approximate surface area is 138 Å². The maximum atomic E-state index is 13.1. The molecule has 24 heavy (non-hydrogen) atoms. The fourth-order valence-electron chi connectivity index (χ4n) is 2.67. The normalized spacial score (nSPS) is 31.5. The van der Waals surface area contributed by atoms with E-state index in [4.69, 9.17) is 9.47 Å². The molecule has 3 atom stereocenters. The van der Waals surface area contributed by atoms with Crippen LogP contribution in [-0.4, -0.2) is 60.3 Å². The second-order valence-electron chi connectivity index (χ2n) is 5.76. The molecule has 0 radical (unpaired) electrons. The first-order valence-electron chi connectivity index (χ1n) is 7.21. The molecule has 0 amide bonds. The number of rotatable bonds is 3. The number of ether oxygens (including phenoxy) is 2. The van der Waals surface area contributed by atoms with E-state index in [0.717, 1.165) is 0 Å². The number of esters is 1. The predicted molar refractivity (Wildman–Crippen MR) is 76.4 cm³/mol. The van der Waals surface area contributed by atoms with Crippen LogP contribution in [0.25, 0.3) is 0 Å². The number of nitrogens with zero attached hydrogens (tertiary/aromatic N) is 4. The first-order valence-corrected chi connectivity index (χ1v) is 8.02. The summed E-state index contributed by atoms with van der Waals surface area (Å²) in [7, 11) is 1.61. The molecular weight excluding hydrogens is 353 g/mol.